The predicted molar refractivity (Wildman–Crippen MR) is 53.3 cm³/mol. The minimum absolute atomic E-state index is 0.676. The van der Waals surface area contributed by atoms with E-state index >= 15 is 0 Å². The summed E-state index contributed by atoms with van der Waals surface area (Å²) in [6.07, 6.45) is 1.21. The van der Waals surface area contributed by atoms with E-state index in [1.54, 1.807) is 0 Å². The number of hydrogen-bond acceptors (Lipinski definition) is 0. The first kappa shape index (κ1) is 8.79. The van der Waals surface area contributed by atoms with Gasteiger partial charge in [-0.25, -0.2) is 0 Å². The van der Waals surface area contributed by atoms with Crippen molar-refractivity contribution in [2.24, 2.45) is 0 Å². The van der Waals surface area contributed by atoms with Crippen LogP contribution in [-0.4, -0.2) is 5.33 Å². The Labute approximate surface area is 76.8 Å². The van der Waals surface area contributed by atoms with Gasteiger partial charge in [-0.05, 0) is 17.9 Å². The number of hydrogen-bond donors (Lipinski definition) is 0. The second kappa shape index (κ2) is 4.55. The van der Waals surface area contributed by atoms with Crippen molar-refractivity contribution in [2.75, 3.05) is 5.33 Å². The quantitative estimate of drug-likeness (QED) is 0.673. The highest BCUT2D eigenvalue weighted by atomic mass is 79.9. The average Bonchev–Trinajstić information content (AvgIpc) is 2.07. The number of rotatable bonds is 3. The van der Waals surface area contributed by atoms with E-state index in [1.165, 1.54) is 12.0 Å². The first-order valence-corrected chi connectivity index (χ1v) is 5.07. The second-order valence-electron chi connectivity index (χ2n) is 2.79. The maximum Gasteiger partial charge on any atom is 0.00370 e. The highest BCUT2D eigenvalue weighted by Gasteiger charge is 2.01. The van der Waals surface area contributed by atoms with Crippen LogP contribution in [0.1, 0.15) is 24.8 Å². The van der Waals surface area contributed by atoms with Gasteiger partial charge in [-0.15, -0.1) is 0 Å². The summed E-state index contributed by atoms with van der Waals surface area (Å²) in [7, 11) is 0. The largest absolute Gasteiger partial charge is 0.0928 e. The fourth-order valence-corrected chi connectivity index (χ4v) is 1.80. The van der Waals surface area contributed by atoms with Gasteiger partial charge in [-0.2, -0.15) is 0 Å². The van der Waals surface area contributed by atoms with Gasteiger partial charge in [0, 0.05) is 5.33 Å². The Morgan fingerprint density at radius 3 is 2.45 bits per heavy atom. The SMILES string of the molecule is C[C@H](CCBr)c1ccccc1. The molecule has 0 heterocycles. The zero-order valence-electron chi connectivity index (χ0n) is 6.76. The molecular weight excluding hydrogens is 200 g/mol. The average molecular weight is 213 g/mol. The van der Waals surface area contributed by atoms with Gasteiger partial charge in [0.2, 0.25) is 0 Å². The summed E-state index contributed by atoms with van der Waals surface area (Å²) in [5.74, 6) is 0.676. The Morgan fingerprint density at radius 2 is 1.91 bits per heavy atom. The summed E-state index contributed by atoms with van der Waals surface area (Å²) in [6, 6.07) is 10.6. The minimum atomic E-state index is 0.676. The molecule has 0 bridgehead atoms. The van der Waals surface area contributed by atoms with Crippen molar-refractivity contribution in [2.45, 2.75) is 19.3 Å². The summed E-state index contributed by atoms with van der Waals surface area (Å²) in [5.41, 5.74) is 1.44. The van der Waals surface area contributed by atoms with Crippen LogP contribution in [0.5, 0.6) is 0 Å². The maximum absolute atomic E-state index is 3.45. The second-order valence-corrected chi connectivity index (χ2v) is 3.58. The Kier molecular flexibility index (Phi) is 3.64. The van der Waals surface area contributed by atoms with Crippen molar-refractivity contribution in [3.63, 3.8) is 0 Å². The Bertz CT molecular complexity index is 193. The zero-order valence-corrected chi connectivity index (χ0v) is 8.34. The highest BCUT2D eigenvalue weighted by Crippen LogP contribution is 2.18. The van der Waals surface area contributed by atoms with E-state index in [1.807, 2.05) is 0 Å². The molecule has 11 heavy (non-hydrogen) atoms. The van der Waals surface area contributed by atoms with E-state index in [0.717, 1.165) is 5.33 Å². The van der Waals surface area contributed by atoms with Crippen LogP contribution in [0.25, 0.3) is 0 Å². The van der Waals surface area contributed by atoms with E-state index in [0.29, 0.717) is 5.92 Å². The molecule has 0 unspecified atom stereocenters. The third-order valence-corrected chi connectivity index (χ3v) is 2.37. The molecule has 0 aliphatic heterocycles. The molecule has 1 aromatic carbocycles. The Hall–Kier alpha value is -0.300. The van der Waals surface area contributed by atoms with Crippen LogP contribution < -0.4 is 0 Å². The Balaban J connectivity index is 2.61. The van der Waals surface area contributed by atoms with Crippen LogP contribution >= 0.6 is 15.9 Å². The molecule has 0 radical (unpaired) electrons. The smallest absolute Gasteiger partial charge is 0.00370 e. The van der Waals surface area contributed by atoms with Crippen molar-refractivity contribution in [3.05, 3.63) is 35.9 Å². The number of benzene rings is 1. The molecule has 1 heteroatoms. The lowest BCUT2D eigenvalue weighted by Gasteiger charge is -2.08. The molecule has 1 aromatic rings. The van der Waals surface area contributed by atoms with Crippen LogP contribution in [0.3, 0.4) is 0 Å². The van der Waals surface area contributed by atoms with Gasteiger partial charge >= 0.3 is 0 Å². The monoisotopic (exact) mass is 212 g/mol. The van der Waals surface area contributed by atoms with Gasteiger partial charge in [0.1, 0.15) is 0 Å². The molecule has 0 saturated heterocycles. The van der Waals surface area contributed by atoms with Crippen molar-refractivity contribution in [3.8, 4) is 0 Å². The van der Waals surface area contributed by atoms with Crippen LogP contribution in [0.2, 0.25) is 0 Å². The van der Waals surface area contributed by atoms with E-state index in [4.69, 9.17) is 0 Å². The maximum atomic E-state index is 3.45. The summed E-state index contributed by atoms with van der Waals surface area (Å²) >= 11 is 3.45. The molecule has 0 fully saturated rings. The normalized spacial score (nSPS) is 12.9. The van der Waals surface area contributed by atoms with Gasteiger partial charge in [0.05, 0.1) is 0 Å². The van der Waals surface area contributed by atoms with E-state index in [9.17, 15) is 0 Å². The van der Waals surface area contributed by atoms with Crippen molar-refractivity contribution in [1.29, 1.82) is 0 Å². The lowest BCUT2D eigenvalue weighted by atomic mass is 9.99. The van der Waals surface area contributed by atoms with Crippen LogP contribution in [0.4, 0.5) is 0 Å². The van der Waals surface area contributed by atoms with Gasteiger partial charge in [0.15, 0.2) is 0 Å². The fourth-order valence-electron chi connectivity index (χ4n) is 1.11. The molecule has 0 aliphatic rings. The summed E-state index contributed by atoms with van der Waals surface area (Å²) in [6.45, 7) is 2.26. The Morgan fingerprint density at radius 1 is 1.27 bits per heavy atom. The molecule has 0 saturated carbocycles. The molecule has 1 rings (SSSR count). The van der Waals surface area contributed by atoms with Crippen LogP contribution in [0, 0.1) is 0 Å². The minimum Gasteiger partial charge on any atom is -0.0928 e. The lowest BCUT2D eigenvalue weighted by Crippen LogP contribution is -1.92. The van der Waals surface area contributed by atoms with Gasteiger partial charge < -0.3 is 0 Å². The van der Waals surface area contributed by atoms with E-state index < -0.39 is 0 Å². The van der Waals surface area contributed by atoms with Gasteiger partial charge in [-0.3, -0.25) is 0 Å². The predicted octanol–water partition coefficient (Wildman–Crippen LogP) is 3.58. The highest BCUT2D eigenvalue weighted by molar-refractivity contribution is 9.09. The fraction of sp³-hybridized carbons (Fsp3) is 0.400. The first-order valence-electron chi connectivity index (χ1n) is 3.95. The molecule has 1 atom stereocenters. The van der Waals surface area contributed by atoms with Crippen molar-refractivity contribution < 1.29 is 0 Å². The summed E-state index contributed by atoms with van der Waals surface area (Å²) in [5, 5.41) is 1.09. The molecular formula is C10H13Br. The number of halogens is 1. The van der Waals surface area contributed by atoms with Crippen molar-refractivity contribution >= 4 is 15.9 Å². The van der Waals surface area contributed by atoms with Crippen LogP contribution in [-0.2, 0) is 0 Å². The molecule has 0 spiro atoms. The van der Waals surface area contributed by atoms with Crippen LogP contribution in [0.15, 0.2) is 30.3 Å². The zero-order chi connectivity index (χ0) is 8.10. The van der Waals surface area contributed by atoms with Gasteiger partial charge in [-0.1, -0.05) is 53.2 Å². The standard InChI is InChI=1S/C10H13Br/c1-9(7-8-11)10-5-3-2-4-6-10/h2-6,9H,7-8H2,1H3/t9-/m1/s1. The molecule has 60 valence electrons. The number of alkyl halides is 1. The van der Waals surface area contributed by atoms with Gasteiger partial charge in [0.25, 0.3) is 0 Å². The van der Waals surface area contributed by atoms with Crippen molar-refractivity contribution in [1.82, 2.24) is 0 Å². The molecule has 0 nitrogen and oxygen atoms in total. The molecule has 0 amide bonds. The topological polar surface area (TPSA) is 0 Å². The third kappa shape index (κ3) is 2.66. The first-order chi connectivity index (χ1) is 5.34. The molecule has 0 aliphatic carbocycles. The molecule has 0 N–H and O–H groups in total. The summed E-state index contributed by atoms with van der Waals surface area (Å²) < 4.78 is 0. The third-order valence-electron chi connectivity index (χ3n) is 1.91. The van der Waals surface area contributed by atoms with E-state index in [-0.39, 0.29) is 0 Å². The molecule has 0 aromatic heterocycles. The lowest BCUT2D eigenvalue weighted by molar-refractivity contribution is 0.744. The summed E-state index contributed by atoms with van der Waals surface area (Å²) in [4.78, 5) is 0. The van der Waals surface area contributed by atoms with E-state index in [2.05, 4.69) is 53.2 Å².